The van der Waals surface area contributed by atoms with Gasteiger partial charge in [-0.1, -0.05) is 35.5 Å². The maximum atomic E-state index is 12.0. The molecule has 0 saturated carbocycles. The smallest absolute Gasteiger partial charge is 0.276 e. The van der Waals surface area contributed by atoms with E-state index in [0.717, 1.165) is 5.56 Å². The van der Waals surface area contributed by atoms with Crippen molar-refractivity contribution in [2.75, 3.05) is 6.54 Å². The van der Waals surface area contributed by atoms with Crippen LogP contribution >= 0.6 is 0 Å². The Balaban J connectivity index is 2.10. The van der Waals surface area contributed by atoms with Crippen molar-refractivity contribution in [2.24, 2.45) is 0 Å². The summed E-state index contributed by atoms with van der Waals surface area (Å²) >= 11 is 0. The first-order chi connectivity index (χ1) is 8.31. The van der Waals surface area contributed by atoms with Crippen LogP contribution in [0.4, 0.5) is 0 Å². The number of amides is 1. The third kappa shape index (κ3) is 2.72. The van der Waals surface area contributed by atoms with Crippen LogP contribution in [-0.4, -0.2) is 22.5 Å². The van der Waals surface area contributed by atoms with Crippen molar-refractivity contribution < 1.29 is 9.32 Å². The Bertz CT molecular complexity index is 465. The first-order valence-corrected chi connectivity index (χ1v) is 5.55. The number of rotatable bonds is 4. The third-order valence-electron chi connectivity index (χ3n) is 2.54. The fraction of sp³-hybridized carbons (Fsp3) is 0.231. The molecular weight excluding hydrogens is 216 g/mol. The minimum atomic E-state index is -0.106. The minimum absolute atomic E-state index is 0.106. The monoisotopic (exact) mass is 230 g/mol. The highest BCUT2D eigenvalue weighted by Crippen LogP contribution is 2.08. The van der Waals surface area contributed by atoms with E-state index in [1.54, 1.807) is 11.0 Å². The number of carbonyl (C=O) groups is 1. The van der Waals surface area contributed by atoms with Gasteiger partial charge in [-0.15, -0.1) is 0 Å². The van der Waals surface area contributed by atoms with Crippen LogP contribution in [-0.2, 0) is 6.54 Å². The van der Waals surface area contributed by atoms with E-state index < -0.39 is 0 Å². The average molecular weight is 230 g/mol. The molecule has 1 aromatic heterocycles. The van der Waals surface area contributed by atoms with Gasteiger partial charge in [0.2, 0.25) is 0 Å². The maximum absolute atomic E-state index is 12.0. The molecule has 0 fully saturated rings. The van der Waals surface area contributed by atoms with Crippen LogP contribution in [0.25, 0.3) is 0 Å². The van der Waals surface area contributed by atoms with Crippen LogP contribution in [0.3, 0.4) is 0 Å². The second kappa shape index (κ2) is 5.30. The summed E-state index contributed by atoms with van der Waals surface area (Å²) in [5, 5.41) is 3.66. The standard InChI is InChI=1S/C13H14N2O2/c1-2-15(10-11-6-4-3-5-7-11)13(16)12-8-9-17-14-12/h3-9H,2,10H2,1H3. The first kappa shape index (κ1) is 11.4. The van der Waals surface area contributed by atoms with Crippen LogP contribution in [0.2, 0.25) is 0 Å². The Morgan fingerprint density at radius 1 is 1.29 bits per heavy atom. The van der Waals surface area contributed by atoms with Gasteiger partial charge < -0.3 is 9.42 Å². The van der Waals surface area contributed by atoms with Crippen molar-refractivity contribution >= 4 is 5.91 Å². The molecule has 0 bridgehead atoms. The van der Waals surface area contributed by atoms with E-state index in [1.807, 2.05) is 37.3 Å². The van der Waals surface area contributed by atoms with E-state index in [2.05, 4.69) is 9.68 Å². The summed E-state index contributed by atoms with van der Waals surface area (Å²) in [6, 6.07) is 11.5. The molecule has 0 spiro atoms. The van der Waals surface area contributed by atoms with E-state index in [-0.39, 0.29) is 5.91 Å². The van der Waals surface area contributed by atoms with Crippen LogP contribution in [0, 0.1) is 0 Å². The molecular formula is C13H14N2O2. The van der Waals surface area contributed by atoms with E-state index >= 15 is 0 Å². The molecule has 0 unspecified atom stereocenters. The Morgan fingerprint density at radius 2 is 2.06 bits per heavy atom. The normalized spacial score (nSPS) is 10.2. The largest absolute Gasteiger partial charge is 0.364 e. The molecule has 0 saturated heterocycles. The SMILES string of the molecule is CCN(Cc1ccccc1)C(=O)c1ccon1. The van der Waals surface area contributed by atoms with Crippen LogP contribution < -0.4 is 0 Å². The lowest BCUT2D eigenvalue weighted by Crippen LogP contribution is -2.30. The molecule has 1 amide bonds. The van der Waals surface area contributed by atoms with E-state index in [4.69, 9.17) is 0 Å². The summed E-state index contributed by atoms with van der Waals surface area (Å²) in [5.74, 6) is -0.106. The minimum Gasteiger partial charge on any atom is -0.364 e. The summed E-state index contributed by atoms with van der Waals surface area (Å²) < 4.78 is 4.68. The molecule has 0 aliphatic carbocycles. The molecule has 0 radical (unpaired) electrons. The molecule has 0 N–H and O–H groups in total. The number of carbonyl (C=O) groups excluding carboxylic acids is 1. The van der Waals surface area contributed by atoms with Gasteiger partial charge in [0.1, 0.15) is 6.26 Å². The Kier molecular flexibility index (Phi) is 3.55. The second-order valence-electron chi connectivity index (χ2n) is 3.69. The fourth-order valence-corrected chi connectivity index (χ4v) is 1.62. The lowest BCUT2D eigenvalue weighted by Gasteiger charge is -2.19. The lowest BCUT2D eigenvalue weighted by atomic mass is 10.2. The topological polar surface area (TPSA) is 46.3 Å². The van der Waals surface area contributed by atoms with Crippen LogP contribution in [0.15, 0.2) is 47.2 Å². The van der Waals surface area contributed by atoms with E-state index in [1.165, 1.54) is 6.26 Å². The summed E-state index contributed by atoms with van der Waals surface area (Å²) in [6.07, 6.45) is 1.41. The van der Waals surface area contributed by atoms with Crippen LogP contribution in [0.5, 0.6) is 0 Å². The molecule has 4 heteroatoms. The van der Waals surface area contributed by atoms with Gasteiger partial charge in [-0.25, -0.2) is 0 Å². The zero-order valence-corrected chi connectivity index (χ0v) is 9.67. The van der Waals surface area contributed by atoms with Gasteiger partial charge in [0.25, 0.3) is 5.91 Å². The Morgan fingerprint density at radius 3 is 2.65 bits per heavy atom. The lowest BCUT2D eigenvalue weighted by molar-refractivity contribution is 0.0742. The number of nitrogens with zero attached hydrogens (tertiary/aromatic N) is 2. The third-order valence-corrected chi connectivity index (χ3v) is 2.54. The fourth-order valence-electron chi connectivity index (χ4n) is 1.62. The van der Waals surface area contributed by atoms with E-state index in [9.17, 15) is 4.79 Å². The molecule has 17 heavy (non-hydrogen) atoms. The molecule has 1 aromatic carbocycles. The van der Waals surface area contributed by atoms with Crippen molar-refractivity contribution in [3.8, 4) is 0 Å². The first-order valence-electron chi connectivity index (χ1n) is 5.55. The zero-order chi connectivity index (χ0) is 12.1. The quantitative estimate of drug-likeness (QED) is 0.809. The highest BCUT2D eigenvalue weighted by atomic mass is 16.5. The summed E-state index contributed by atoms with van der Waals surface area (Å²) in [7, 11) is 0. The van der Waals surface area contributed by atoms with Crippen molar-refractivity contribution in [2.45, 2.75) is 13.5 Å². The molecule has 0 atom stereocenters. The molecule has 1 heterocycles. The van der Waals surface area contributed by atoms with Crippen molar-refractivity contribution in [3.05, 3.63) is 53.9 Å². The van der Waals surface area contributed by atoms with Gasteiger partial charge in [-0.3, -0.25) is 4.79 Å². The van der Waals surface area contributed by atoms with Crippen molar-refractivity contribution in [3.63, 3.8) is 0 Å². The predicted molar refractivity (Wildman–Crippen MR) is 63.4 cm³/mol. The van der Waals surface area contributed by atoms with E-state index in [0.29, 0.717) is 18.8 Å². The number of benzene rings is 1. The van der Waals surface area contributed by atoms with Gasteiger partial charge >= 0.3 is 0 Å². The number of hydrogen-bond donors (Lipinski definition) is 0. The molecule has 88 valence electrons. The predicted octanol–water partition coefficient (Wildman–Crippen LogP) is 2.34. The average Bonchev–Trinajstić information content (AvgIpc) is 2.90. The number of aromatic nitrogens is 1. The second-order valence-corrected chi connectivity index (χ2v) is 3.69. The van der Waals surface area contributed by atoms with Crippen molar-refractivity contribution in [1.29, 1.82) is 0 Å². The number of hydrogen-bond acceptors (Lipinski definition) is 3. The zero-order valence-electron chi connectivity index (χ0n) is 9.67. The summed E-state index contributed by atoms with van der Waals surface area (Å²) in [4.78, 5) is 13.8. The molecule has 2 rings (SSSR count). The van der Waals surface area contributed by atoms with Gasteiger partial charge in [-0.2, -0.15) is 0 Å². The maximum Gasteiger partial charge on any atom is 0.276 e. The molecule has 0 aliphatic heterocycles. The van der Waals surface area contributed by atoms with Gasteiger partial charge in [0.05, 0.1) is 0 Å². The summed E-state index contributed by atoms with van der Waals surface area (Å²) in [5.41, 5.74) is 1.45. The highest BCUT2D eigenvalue weighted by Gasteiger charge is 2.16. The molecule has 2 aromatic rings. The van der Waals surface area contributed by atoms with Gasteiger partial charge in [-0.05, 0) is 12.5 Å². The van der Waals surface area contributed by atoms with Crippen molar-refractivity contribution in [1.82, 2.24) is 10.1 Å². The molecule has 0 aliphatic rings. The Hall–Kier alpha value is -2.10. The van der Waals surface area contributed by atoms with Crippen LogP contribution in [0.1, 0.15) is 23.0 Å². The Labute approximate surface area is 99.8 Å². The summed E-state index contributed by atoms with van der Waals surface area (Å²) in [6.45, 7) is 3.17. The van der Waals surface area contributed by atoms with Gasteiger partial charge in [0, 0.05) is 19.2 Å². The molecule has 4 nitrogen and oxygen atoms in total. The van der Waals surface area contributed by atoms with Gasteiger partial charge in [0.15, 0.2) is 5.69 Å². The highest BCUT2D eigenvalue weighted by molar-refractivity contribution is 5.92.